The second-order valence-corrected chi connectivity index (χ2v) is 8.17. The van der Waals surface area contributed by atoms with Crippen LogP contribution in [0, 0.1) is 5.92 Å². The molecule has 1 unspecified atom stereocenters. The fourth-order valence-electron chi connectivity index (χ4n) is 4.26. The minimum Gasteiger partial charge on any atom is -0.482 e. The molecule has 1 atom stereocenters. The van der Waals surface area contributed by atoms with Crippen LogP contribution in [0.2, 0.25) is 0 Å². The fraction of sp³-hybridized carbons (Fsp3) is 0.250. The molecule has 5 heteroatoms. The minimum atomic E-state index is -0.958. The van der Waals surface area contributed by atoms with Gasteiger partial charge in [0.2, 0.25) is 0 Å². The van der Waals surface area contributed by atoms with Crippen LogP contribution >= 0.6 is 0 Å². The average molecular weight is 444 g/mol. The SMILES string of the molecule is O=C(O)COc1cccc2c1CCC(C=CCNOC(c1ccccc1)c1ccccc1)C2. The van der Waals surface area contributed by atoms with Crippen molar-refractivity contribution in [2.24, 2.45) is 5.92 Å². The molecule has 0 saturated heterocycles. The largest absolute Gasteiger partial charge is 0.482 e. The van der Waals surface area contributed by atoms with E-state index in [9.17, 15) is 4.79 Å². The van der Waals surface area contributed by atoms with E-state index in [1.165, 1.54) is 5.56 Å². The quantitative estimate of drug-likeness (QED) is 0.259. The van der Waals surface area contributed by atoms with Gasteiger partial charge >= 0.3 is 5.97 Å². The van der Waals surface area contributed by atoms with Crippen LogP contribution in [0.4, 0.5) is 0 Å². The smallest absolute Gasteiger partial charge is 0.341 e. The van der Waals surface area contributed by atoms with E-state index in [-0.39, 0.29) is 12.7 Å². The first-order chi connectivity index (χ1) is 16.2. The van der Waals surface area contributed by atoms with E-state index in [0.717, 1.165) is 36.0 Å². The van der Waals surface area contributed by atoms with Crippen molar-refractivity contribution in [3.63, 3.8) is 0 Å². The van der Waals surface area contributed by atoms with Gasteiger partial charge in [-0.3, -0.25) is 4.84 Å². The minimum absolute atomic E-state index is 0.174. The number of benzene rings is 3. The molecule has 0 spiro atoms. The molecule has 0 aliphatic heterocycles. The lowest BCUT2D eigenvalue weighted by atomic mass is 9.83. The second-order valence-electron chi connectivity index (χ2n) is 8.17. The van der Waals surface area contributed by atoms with E-state index in [1.54, 1.807) is 0 Å². The van der Waals surface area contributed by atoms with Crippen molar-refractivity contribution < 1.29 is 19.5 Å². The first kappa shape index (κ1) is 22.8. The zero-order chi connectivity index (χ0) is 22.9. The van der Waals surface area contributed by atoms with Crippen LogP contribution in [0.1, 0.15) is 34.8 Å². The maximum atomic E-state index is 10.8. The Morgan fingerprint density at radius 2 is 1.70 bits per heavy atom. The van der Waals surface area contributed by atoms with Gasteiger partial charge in [0.1, 0.15) is 11.9 Å². The van der Waals surface area contributed by atoms with E-state index in [2.05, 4.69) is 48.0 Å². The molecule has 0 saturated carbocycles. The van der Waals surface area contributed by atoms with E-state index in [0.29, 0.717) is 18.2 Å². The summed E-state index contributed by atoms with van der Waals surface area (Å²) >= 11 is 0. The Morgan fingerprint density at radius 3 is 2.36 bits per heavy atom. The summed E-state index contributed by atoms with van der Waals surface area (Å²) < 4.78 is 5.47. The Bertz CT molecular complexity index is 1030. The first-order valence-corrected chi connectivity index (χ1v) is 11.3. The zero-order valence-electron chi connectivity index (χ0n) is 18.5. The Labute approximate surface area is 194 Å². The number of carbonyl (C=O) groups is 1. The molecule has 0 heterocycles. The molecule has 5 nitrogen and oxygen atoms in total. The topological polar surface area (TPSA) is 67.8 Å². The highest BCUT2D eigenvalue weighted by atomic mass is 16.7. The van der Waals surface area contributed by atoms with Crippen molar-refractivity contribution in [3.8, 4) is 5.75 Å². The standard InChI is InChI=1S/C28H29NO4/c30-27(31)20-32-26-15-7-14-24-19-21(16-17-25(24)26)9-8-18-29-33-28(22-10-3-1-4-11-22)23-12-5-2-6-13-23/h1-15,21,28-29H,16-20H2,(H,30,31). The van der Waals surface area contributed by atoms with Crippen molar-refractivity contribution >= 4 is 5.97 Å². The summed E-state index contributed by atoms with van der Waals surface area (Å²) in [6, 6.07) is 26.3. The Balaban J connectivity index is 1.31. The highest BCUT2D eigenvalue weighted by Crippen LogP contribution is 2.32. The van der Waals surface area contributed by atoms with Crippen molar-refractivity contribution in [3.05, 3.63) is 113 Å². The van der Waals surface area contributed by atoms with E-state index >= 15 is 0 Å². The third-order valence-electron chi connectivity index (χ3n) is 5.84. The molecule has 0 aromatic heterocycles. The van der Waals surface area contributed by atoms with Crippen LogP contribution < -0.4 is 10.2 Å². The average Bonchev–Trinajstić information content (AvgIpc) is 2.85. The van der Waals surface area contributed by atoms with Gasteiger partial charge < -0.3 is 9.84 Å². The Hall–Kier alpha value is -3.41. The molecule has 1 aliphatic rings. The van der Waals surface area contributed by atoms with Gasteiger partial charge in [-0.25, -0.2) is 4.79 Å². The predicted molar refractivity (Wildman–Crippen MR) is 128 cm³/mol. The summed E-state index contributed by atoms with van der Waals surface area (Å²) in [7, 11) is 0. The van der Waals surface area contributed by atoms with Gasteiger partial charge in [-0.05, 0) is 53.5 Å². The fourth-order valence-corrected chi connectivity index (χ4v) is 4.26. The first-order valence-electron chi connectivity index (χ1n) is 11.3. The molecule has 0 radical (unpaired) electrons. The van der Waals surface area contributed by atoms with Crippen LogP contribution in [0.15, 0.2) is 91.0 Å². The number of hydroxylamine groups is 1. The van der Waals surface area contributed by atoms with Crippen LogP contribution in [-0.2, 0) is 22.5 Å². The van der Waals surface area contributed by atoms with Crippen molar-refractivity contribution in [1.29, 1.82) is 0 Å². The van der Waals surface area contributed by atoms with Crippen molar-refractivity contribution in [2.45, 2.75) is 25.4 Å². The van der Waals surface area contributed by atoms with Crippen molar-refractivity contribution in [2.75, 3.05) is 13.2 Å². The molecule has 1 aliphatic carbocycles. The van der Waals surface area contributed by atoms with Gasteiger partial charge in [0.15, 0.2) is 6.61 Å². The summed E-state index contributed by atoms with van der Waals surface area (Å²) in [5, 5.41) is 8.88. The lowest BCUT2D eigenvalue weighted by Gasteiger charge is -2.24. The summed E-state index contributed by atoms with van der Waals surface area (Å²) in [6.07, 6.45) is 7.00. The van der Waals surface area contributed by atoms with Gasteiger partial charge in [0, 0.05) is 6.54 Å². The number of nitrogens with one attached hydrogen (secondary N) is 1. The second kappa shape index (κ2) is 11.5. The van der Waals surface area contributed by atoms with Crippen LogP contribution in [0.3, 0.4) is 0 Å². The van der Waals surface area contributed by atoms with E-state index < -0.39 is 5.97 Å². The number of allylic oxidation sites excluding steroid dienone is 1. The number of fused-ring (bicyclic) bond motifs is 1. The molecule has 3 aromatic rings. The Kier molecular flexibility index (Phi) is 7.90. The van der Waals surface area contributed by atoms with Gasteiger partial charge in [-0.1, -0.05) is 84.9 Å². The molecule has 0 fully saturated rings. The number of hydrogen-bond donors (Lipinski definition) is 2. The molecule has 170 valence electrons. The number of carboxylic acids is 1. The van der Waals surface area contributed by atoms with Gasteiger partial charge in [-0.2, -0.15) is 5.48 Å². The third kappa shape index (κ3) is 6.31. The van der Waals surface area contributed by atoms with Crippen LogP contribution in [0.5, 0.6) is 5.75 Å². The monoisotopic (exact) mass is 443 g/mol. The summed E-state index contributed by atoms with van der Waals surface area (Å²) in [5.74, 6) is 0.175. The Morgan fingerprint density at radius 1 is 1.00 bits per heavy atom. The molecule has 0 bridgehead atoms. The lowest BCUT2D eigenvalue weighted by molar-refractivity contribution is -0.139. The number of carboxylic acid groups (broad SMARTS) is 1. The molecule has 33 heavy (non-hydrogen) atoms. The summed E-state index contributed by atoms with van der Waals surface area (Å²) in [6.45, 7) is 0.305. The normalized spacial score (nSPS) is 15.5. The maximum absolute atomic E-state index is 10.8. The molecule has 2 N–H and O–H groups in total. The molecular formula is C28H29NO4. The molecule has 0 amide bonds. The lowest BCUT2D eigenvalue weighted by Crippen LogP contribution is -2.20. The van der Waals surface area contributed by atoms with Crippen molar-refractivity contribution in [1.82, 2.24) is 5.48 Å². The maximum Gasteiger partial charge on any atom is 0.341 e. The van der Waals surface area contributed by atoms with Crippen LogP contribution in [0.25, 0.3) is 0 Å². The number of aliphatic carboxylic acids is 1. The zero-order valence-corrected chi connectivity index (χ0v) is 18.5. The number of rotatable bonds is 10. The van der Waals surface area contributed by atoms with E-state index in [1.807, 2.05) is 48.5 Å². The highest BCUT2D eigenvalue weighted by Gasteiger charge is 2.20. The third-order valence-corrected chi connectivity index (χ3v) is 5.84. The van der Waals surface area contributed by atoms with Gasteiger partial charge in [-0.15, -0.1) is 0 Å². The van der Waals surface area contributed by atoms with Gasteiger partial charge in [0.25, 0.3) is 0 Å². The number of ether oxygens (including phenoxy) is 1. The number of hydrogen-bond acceptors (Lipinski definition) is 4. The predicted octanol–water partition coefficient (Wildman–Crippen LogP) is 5.12. The molecule has 3 aromatic carbocycles. The van der Waals surface area contributed by atoms with E-state index in [4.69, 9.17) is 14.7 Å². The summed E-state index contributed by atoms with van der Waals surface area (Å²) in [4.78, 5) is 16.9. The summed E-state index contributed by atoms with van der Waals surface area (Å²) in [5.41, 5.74) is 7.69. The highest BCUT2D eigenvalue weighted by molar-refractivity contribution is 5.68. The molecular weight excluding hydrogens is 414 g/mol. The molecule has 4 rings (SSSR count). The van der Waals surface area contributed by atoms with Gasteiger partial charge in [0.05, 0.1) is 0 Å². The van der Waals surface area contributed by atoms with Crippen LogP contribution in [-0.4, -0.2) is 24.2 Å².